The Hall–Kier alpha value is -2.88. The van der Waals surface area contributed by atoms with E-state index in [1.165, 1.54) is 18.2 Å². The Balaban J connectivity index is 2.01. The zero-order valence-corrected chi connectivity index (χ0v) is 12.7. The number of aromatic amines is 1. The molecule has 1 aromatic heterocycles. The molecule has 1 aliphatic carbocycles. The van der Waals surface area contributed by atoms with Gasteiger partial charge in [0, 0.05) is 12.1 Å². The van der Waals surface area contributed by atoms with Crippen molar-refractivity contribution in [1.29, 1.82) is 5.26 Å². The van der Waals surface area contributed by atoms with E-state index < -0.39 is 11.2 Å². The van der Waals surface area contributed by atoms with Crippen LogP contribution in [0.5, 0.6) is 0 Å². The highest BCUT2D eigenvalue weighted by Gasteiger charge is 2.38. The first-order valence-corrected chi connectivity index (χ1v) is 7.50. The van der Waals surface area contributed by atoms with Crippen LogP contribution in [-0.4, -0.2) is 21.0 Å². The van der Waals surface area contributed by atoms with Gasteiger partial charge in [0.05, 0.1) is 17.0 Å². The van der Waals surface area contributed by atoms with Gasteiger partial charge in [-0.1, -0.05) is 0 Å². The second-order valence-corrected chi connectivity index (χ2v) is 5.74. The van der Waals surface area contributed by atoms with E-state index in [0.717, 1.165) is 11.0 Å². The molecule has 0 radical (unpaired) electrons. The van der Waals surface area contributed by atoms with Gasteiger partial charge in [-0.3, -0.25) is 14.2 Å². The van der Waals surface area contributed by atoms with E-state index in [0.29, 0.717) is 29.3 Å². The summed E-state index contributed by atoms with van der Waals surface area (Å²) in [5, 5.41) is 12.3. The van der Waals surface area contributed by atoms with Gasteiger partial charge >= 0.3 is 5.69 Å². The van der Waals surface area contributed by atoms with E-state index in [2.05, 4.69) is 16.4 Å². The zero-order chi connectivity index (χ0) is 16.6. The summed E-state index contributed by atoms with van der Waals surface area (Å²) >= 11 is 0. The number of hydrogen-bond acceptors (Lipinski definition) is 4. The third-order valence-electron chi connectivity index (χ3n) is 4.33. The summed E-state index contributed by atoms with van der Waals surface area (Å²) in [6.07, 6.45) is 2.19. The molecule has 118 valence electrons. The van der Waals surface area contributed by atoms with Gasteiger partial charge in [0.25, 0.3) is 11.5 Å². The first-order valence-electron chi connectivity index (χ1n) is 7.50. The SMILES string of the molecule is CCn1c(=O)[nH]c2cc(C(=O)NC3(C#N)CCC3)ccc2c1=O. The van der Waals surface area contributed by atoms with Crippen molar-refractivity contribution in [2.24, 2.45) is 0 Å². The average molecular weight is 312 g/mol. The van der Waals surface area contributed by atoms with Crippen LogP contribution in [0.1, 0.15) is 36.5 Å². The summed E-state index contributed by atoms with van der Waals surface area (Å²) in [4.78, 5) is 39.0. The Bertz CT molecular complexity index is 944. The van der Waals surface area contributed by atoms with Crippen molar-refractivity contribution >= 4 is 16.8 Å². The summed E-state index contributed by atoms with van der Waals surface area (Å²) in [6.45, 7) is 1.99. The van der Waals surface area contributed by atoms with E-state index in [-0.39, 0.29) is 18.0 Å². The van der Waals surface area contributed by atoms with Crippen LogP contribution in [0.25, 0.3) is 10.9 Å². The van der Waals surface area contributed by atoms with Gasteiger partial charge < -0.3 is 10.3 Å². The monoisotopic (exact) mass is 312 g/mol. The number of aromatic nitrogens is 2. The quantitative estimate of drug-likeness (QED) is 0.877. The molecule has 0 unspecified atom stereocenters. The molecule has 2 aromatic rings. The van der Waals surface area contributed by atoms with E-state index in [9.17, 15) is 19.6 Å². The maximum absolute atomic E-state index is 12.3. The number of fused-ring (bicyclic) bond motifs is 1. The third-order valence-corrected chi connectivity index (χ3v) is 4.33. The molecule has 2 N–H and O–H groups in total. The second-order valence-electron chi connectivity index (χ2n) is 5.74. The van der Waals surface area contributed by atoms with Crippen LogP contribution in [0, 0.1) is 11.3 Å². The number of benzene rings is 1. The molecule has 0 atom stereocenters. The molecule has 7 nitrogen and oxygen atoms in total. The smallest absolute Gasteiger partial charge is 0.328 e. The summed E-state index contributed by atoms with van der Waals surface area (Å²) < 4.78 is 1.10. The van der Waals surface area contributed by atoms with Crippen molar-refractivity contribution < 1.29 is 4.79 Å². The number of carbonyl (C=O) groups is 1. The fourth-order valence-electron chi connectivity index (χ4n) is 2.77. The van der Waals surface area contributed by atoms with Gasteiger partial charge in [-0.2, -0.15) is 5.26 Å². The first-order chi connectivity index (χ1) is 11.0. The molecule has 7 heteroatoms. The summed E-state index contributed by atoms with van der Waals surface area (Å²) in [5.41, 5.74) is -1.05. The summed E-state index contributed by atoms with van der Waals surface area (Å²) in [6, 6.07) is 6.66. The molecule has 1 aromatic carbocycles. The predicted octanol–water partition coefficient (Wildman–Crippen LogP) is 0.886. The number of carbonyl (C=O) groups excluding carboxylic acids is 1. The maximum Gasteiger partial charge on any atom is 0.328 e. The van der Waals surface area contributed by atoms with Crippen molar-refractivity contribution in [1.82, 2.24) is 14.9 Å². The number of H-pyrrole nitrogens is 1. The molecule has 1 saturated carbocycles. The normalized spacial score (nSPS) is 15.7. The third kappa shape index (κ3) is 2.42. The van der Waals surface area contributed by atoms with Crippen LogP contribution in [0.3, 0.4) is 0 Å². The fourth-order valence-corrected chi connectivity index (χ4v) is 2.77. The molecule has 0 aliphatic heterocycles. The van der Waals surface area contributed by atoms with Crippen LogP contribution in [0.15, 0.2) is 27.8 Å². The van der Waals surface area contributed by atoms with Crippen molar-refractivity contribution in [3.8, 4) is 6.07 Å². The van der Waals surface area contributed by atoms with Gasteiger partial charge in [-0.05, 0) is 44.4 Å². The highest BCUT2D eigenvalue weighted by atomic mass is 16.2. The van der Waals surface area contributed by atoms with Crippen LogP contribution in [0.2, 0.25) is 0 Å². The van der Waals surface area contributed by atoms with E-state index in [1.54, 1.807) is 6.92 Å². The molecule has 1 amide bonds. The summed E-state index contributed by atoms with van der Waals surface area (Å²) in [7, 11) is 0. The van der Waals surface area contributed by atoms with Crippen molar-refractivity contribution in [2.75, 3.05) is 0 Å². The Morgan fingerprint density at radius 2 is 2.17 bits per heavy atom. The van der Waals surface area contributed by atoms with Crippen LogP contribution in [0.4, 0.5) is 0 Å². The van der Waals surface area contributed by atoms with Gasteiger partial charge in [-0.15, -0.1) is 0 Å². The molecular weight excluding hydrogens is 296 g/mol. The topological polar surface area (TPSA) is 108 Å². The molecule has 0 bridgehead atoms. The molecule has 23 heavy (non-hydrogen) atoms. The summed E-state index contributed by atoms with van der Waals surface area (Å²) in [5.74, 6) is -0.381. The zero-order valence-electron chi connectivity index (χ0n) is 12.7. The standard InChI is InChI=1S/C16H16N4O3/c1-2-20-14(22)11-5-4-10(8-12(11)18-15(20)23)13(21)19-16(9-17)6-3-7-16/h4-5,8H,2-3,6-7H2,1H3,(H,18,23)(H,19,21). The number of rotatable bonds is 3. The first kappa shape index (κ1) is 15.0. The van der Waals surface area contributed by atoms with E-state index in [4.69, 9.17) is 0 Å². The largest absolute Gasteiger partial charge is 0.334 e. The van der Waals surface area contributed by atoms with Gasteiger partial charge in [0.2, 0.25) is 0 Å². The average Bonchev–Trinajstić information content (AvgIpc) is 2.50. The lowest BCUT2D eigenvalue weighted by Crippen LogP contribution is -2.52. The molecular formula is C16H16N4O3. The molecule has 0 spiro atoms. The Morgan fingerprint density at radius 1 is 1.43 bits per heavy atom. The van der Waals surface area contributed by atoms with Gasteiger partial charge in [0.15, 0.2) is 0 Å². The fraction of sp³-hybridized carbons (Fsp3) is 0.375. The maximum atomic E-state index is 12.3. The molecule has 1 heterocycles. The number of nitrogens with one attached hydrogen (secondary N) is 2. The molecule has 1 aliphatic rings. The minimum absolute atomic E-state index is 0.275. The minimum atomic E-state index is -0.787. The van der Waals surface area contributed by atoms with Crippen molar-refractivity contribution in [2.45, 2.75) is 38.3 Å². The Labute approximate surface area is 131 Å². The second kappa shape index (κ2) is 5.39. The number of amides is 1. The number of nitriles is 1. The van der Waals surface area contributed by atoms with Crippen LogP contribution >= 0.6 is 0 Å². The number of nitrogens with zero attached hydrogens (tertiary/aromatic N) is 2. The number of hydrogen-bond donors (Lipinski definition) is 2. The van der Waals surface area contributed by atoms with Crippen molar-refractivity contribution in [3.05, 3.63) is 44.6 Å². The highest BCUT2D eigenvalue weighted by molar-refractivity contribution is 5.98. The van der Waals surface area contributed by atoms with Crippen LogP contribution in [-0.2, 0) is 6.54 Å². The Morgan fingerprint density at radius 3 is 2.74 bits per heavy atom. The van der Waals surface area contributed by atoms with Crippen molar-refractivity contribution in [3.63, 3.8) is 0 Å². The van der Waals surface area contributed by atoms with Gasteiger partial charge in [0.1, 0.15) is 5.54 Å². The van der Waals surface area contributed by atoms with E-state index >= 15 is 0 Å². The van der Waals surface area contributed by atoms with Crippen LogP contribution < -0.4 is 16.6 Å². The lowest BCUT2D eigenvalue weighted by molar-refractivity contribution is 0.0881. The Kier molecular flexibility index (Phi) is 3.52. The minimum Gasteiger partial charge on any atom is -0.334 e. The molecule has 3 rings (SSSR count). The lowest BCUT2D eigenvalue weighted by atomic mass is 9.78. The predicted molar refractivity (Wildman–Crippen MR) is 84.2 cm³/mol. The highest BCUT2D eigenvalue weighted by Crippen LogP contribution is 2.31. The molecule has 0 saturated heterocycles. The lowest BCUT2D eigenvalue weighted by Gasteiger charge is -2.35. The van der Waals surface area contributed by atoms with Gasteiger partial charge in [-0.25, -0.2) is 4.79 Å². The van der Waals surface area contributed by atoms with E-state index in [1.807, 2.05) is 0 Å². The molecule has 1 fully saturated rings.